The van der Waals surface area contributed by atoms with Crippen LogP contribution in [0.2, 0.25) is 0 Å². The molecule has 5 heteroatoms. The maximum absolute atomic E-state index is 5.53. The van der Waals surface area contributed by atoms with Gasteiger partial charge >= 0.3 is 0 Å². The van der Waals surface area contributed by atoms with E-state index in [2.05, 4.69) is 10.1 Å². The molecule has 96 valence electrons. The fourth-order valence-electron chi connectivity index (χ4n) is 1.65. The standard InChI is InChI=1S/C14H12N2O3/c1-2-4-11(5-3-1)8-18-10-13-15-14(19-16-13)12-6-7-17-9-12/h1-7,9H,8,10H2. The molecule has 0 unspecified atom stereocenters. The highest BCUT2D eigenvalue weighted by Gasteiger charge is 2.09. The molecule has 0 amide bonds. The molecule has 19 heavy (non-hydrogen) atoms. The van der Waals surface area contributed by atoms with Crippen molar-refractivity contribution in [1.82, 2.24) is 10.1 Å². The first-order valence-electron chi connectivity index (χ1n) is 5.88. The molecule has 0 saturated carbocycles. The molecule has 0 aliphatic rings. The van der Waals surface area contributed by atoms with Crippen LogP contribution in [0.3, 0.4) is 0 Å². The van der Waals surface area contributed by atoms with Crippen molar-refractivity contribution in [2.75, 3.05) is 0 Å². The number of nitrogens with zero attached hydrogens (tertiary/aromatic N) is 2. The van der Waals surface area contributed by atoms with Gasteiger partial charge in [0, 0.05) is 0 Å². The van der Waals surface area contributed by atoms with Gasteiger partial charge in [0.15, 0.2) is 5.82 Å². The number of hydrogen-bond donors (Lipinski definition) is 0. The molecule has 3 rings (SSSR count). The molecule has 2 heterocycles. The fraction of sp³-hybridized carbons (Fsp3) is 0.143. The first kappa shape index (κ1) is 11.7. The maximum Gasteiger partial charge on any atom is 0.261 e. The van der Waals surface area contributed by atoms with E-state index in [0.717, 1.165) is 11.1 Å². The molecule has 2 aromatic heterocycles. The van der Waals surface area contributed by atoms with Crippen LogP contribution in [0.5, 0.6) is 0 Å². The molecule has 3 aromatic rings. The second kappa shape index (κ2) is 5.49. The highest BCUT2D eigenvalue weighted by atomic mass is 16.5. The predicted molar refractivity (Wildman–Crippen MR) is 66.9 cm³/mol. The summed E-state index contributed by atoms with van der Waals surface area (Å²) < 4.78 is 15.6. The van der Waals surface area contributed by atoms with Crippen LogP contribution in [0, 0.1) is 0 Å². The smallest absolute Gasteiger partial charge is 0.261 e. The van der Waals surface area contributed by atoms with Gasteiger partial charge in [-0.25, -0.2) is 0 Å². The van der Waals surface area contributed by atoms with Crippen LogP contribution in [-0.2, 0) is 18.0 Å². The van der Waals surface area contributed by atoms with Crippen molar-refractivity contribution in [2.24, 2.45) is 0 Å². The largest absolute Gasteiger partial charge is 0.472 e. The number of benzene rings is 1. The van der Waals surface area contributed by atoms with Gasteiger partial charge < -0.3 is 13.7 Å². The summed E-state index contributed by atoms with van der Waals surface area (Å²) in [7, 11) is 0. The first-order valence-corrected chi connectivity index (χ1v) is 5.88. The van der Waals surface area contributed by atoms with Gasteiger partial charge in [0.05, 0.1) is 18.4 Å². The van der Waals surface area contributed by atoms with Crippen molar-refractivity contribution < 1.29 is 13.7 Å². The molecular weight excluding hydrogens is 244 g/mol. The number of ether oxygens (including phenoxy) is 1. The van der Waals surface area contributed by atoms with Gasteiger partial charge in [0.2, 0.25) is 0 Å². The minimum Gasteiger partial charge on any atom is -0.472 e. The first-order chi connectivity index (χ1) is 9.42. The van der Waals surface area contributed by atoms with Crippen molar-refractivity contribution in [3.8, 4) is 11.5 Å². The molecule has 0 atom stereocenters. The highest BCUT2D eigenvalue weighted by Crippen LogP contribution is 2.17. The molecular formula is C14H12N2O3. The topological polar surface area (TPSA) is 61.3 Å². The predicted octanol–water partition coefficient (Wildman–Crippen LogP) is 3.05. The number of furan rings is 1. The van der Waals surface area contributed by atoms with Gasteiger partial charge in [-0.3, -0.25) is 0 Å². The molecule has 0 aliphatic carbocycles. The number of hydrogen-bond acceptors (Lipinski definition) is 5. The van der Waals surface area contributed by atoms with E-state index in [0.29, 0.717) is 24.9 Å². The zero-order chi connectivity index (χ0) is 12.9. The van der Waals surface area contributed by atoms with Gasteiger partial charge in [0.1, 0.15) is 12.9 Å². The Morgan fingerprint density at radius 1 is 1.05 bits per heavy atom. The summed E-state index contributed by atoms with van der Waals surface area (Å²) in [6, 6.07) is 11.7. The molecule has 5 nitrogen and oxygen atoms in total. The van der Waals surface area contributed by atoms with E-state index < -0.39 is 0 Å². The van der Waals surface area contributed by atoms with E-state index in [-0.39, 0.29) is 0 Å². The Labute approximate surface area is 109 Å². The monoisotopic (exact) mass is 256 g/mol. The lowest BCUT2D eigenvalue weighted by atomic mass is 10.2. The zero-order valence-electron chi connectivity index (χ0n) is 10.2. The lowest BCUT2D eigenvalue weighted by Crippen LogP contribution is -1.95. The fourth-order valence-corrected chi connectivity index (χ4v) is 1.65. The molecule has 0 radical (unpaired) electrons. The van der Waals surface area contributed by atoms with Crippen LogP contribution in [0.1, 0.15) is 11.4 Å². The Hall–Kier alpha value is -2.40. The third-order valence-corrected chi connectivity index (χ3v) is 2.58. The molecule has 0 fully saturated rings. The Morgan fingerprint density at radius 2 is 1.95 bits per heavy atom. The summed E-state index contributed by atoms with van der Waals surface area (Å²) in [5.41, 5.74) is 1.88. The maximum atomic E-state index is 5.53. The van der Waals surface area contributed by atoms with Gasteiger partial charge in [0.25, 0.3) is 5.89 Å². The van der Waals surface area contributed by atoms with E-state index in [9.17, 15) is 0 Å². The van der Waals surface area contributed by atoms with Gasteiger partial charge in [-0.15, -0.1) is 0 Å². The van der Waals surface area contributed by atoms with Crippen molar-refractivity contribution in [3.63, 3.8) is 0 Å². The van der Waals surface area contributed by atoms with Crippen LogP contribution >= 0.6 is 0 Å². The summed E-state index contributed by atoms with van der Waals surface area (Å²) in [5, 5.41) is 3.85. The average molecular weight is 256 g/mol. The summed E-state index contributed by atoms with van der Waals surface area (Å²) in [6.07, 6.45) is 3.12. The number of rotatable bonds is 5. The lowest BCUT2D eigenvalue weighted by Gasteiger charge is -2.00. The van der Waals surface area contributed by atoms with Crippen molar-refractivity contribution in [1.29, 1.82) is 0 Å². The Kier molecular flexibility index (Phi) is 3.38. The van der Waals surface area contributed by atoms with E-state index in [1.165, 1.54) is 0 Å². The molecule has 0 bridgehead atoms. The van der Waals surface area contributed by atoms with E-state index >= 15 is 0 Å². The average Bonchev–Trinajstić information content (AvgIpc) is 3.10. The van der Waals surface area contributed by atoms with E-state index in [1.807, 2.05) is 30.3 Å². The summed E-state index contributed by atoms with van der Waals surface area (Å²) in [5.74, 6) is 0.958. The molecule has 0 saturated heterocycles. The third kappa shape index (κ3) is 2.89. The lowest BCUT2D eigenvalue weighted by molar-refractivity contribution is 0.0999. The van der Waals surface area contributed by atoms with Gasteiger partial charge in [-0.2, -0.15) is 4.98 Å². The number of aromatic nitrogens is 2. The highest BCUT2D eigenvalue weighted by molar-refractivity contribution is 5.49. The van der Waals surface area contributed by atoms with Gasteiger partial charge in [-0.05, 0) is 11.6 Å². The molecule has 0 aliphatic heterocycles. The Bertz CT molecular complexity index is 617. The summed E-state index contributed by atoms with van der Waals surface area (Å²) in [4.78, 5) is 4.22. The van der Waals surface area contributed by atoms with Crippen molar-refractivity contribution in [3.05, 3.63) is 60.3 Å². The van der Waals surface area contributed by atoms with Crippen molar-refractivity contribution in [2.45, 2.75) is 13.2 Å². The van der Waals surface area contributed by atoms with Crippen LogP contribution in [0.4, 0.5) is 0 Å². The molecule has 1 aromatic carbocycles. The SMILES string of the molecule is c1ccc(COCc2noc(-c3ccoc3)n2)cc1. The van der Waals surface area contributed by atoms with E-state index in [4.69, 9.17) is 13.7 Å². The molecule has 0 spiro atoms. The minimum atomic E-state index is 0.316. The van der Waals surface area contributed by atoms with E-state index in [1.54, 1.807) is 18.6 Å². The summed E-state index contributed by atoms with van der Waals surface area (Å²) in [6.45, 7) is 0.840. The van der Waals surface area contributed by atoms with Crippen molar-refractivity contribution >= 4 is 0 Å². The summed E-state index contributed by atoms with van der Waals surface area (Å²) >= 11 is 0. The van der Waals surface area contributed by atoms with Crippen LogP contribution in [0.25, 0.3) is 11.5 Å². The Morgan fingerprint density at radius 3 is 2.74 bits per heavy atom. The van der Waals surface area contributed by atoms with Crippen LogP contribution in [-0.4, -0.2) is 10.1 Å². The quantitative estimate of drug-likeness (QED) is 0.702. The third-order valence-electron chi connectivity index (χ3n) is 2.58. The normalized spacial score (nSPS) is 10.7. The van der Waals surface area contributed by atoms with Gasteiger partial charge in [-0.1, -0.05) is 35.5 Å². The molecule has 0 N–H and O–H groups in total. The Balaban J connectivity index is 1.56. The second-order valence-electron chi connectivity index (χ2n) is 4.01. The minimum absolute atomic E-state index is 0.316. The van der Waals surface area contributed by atoms with Crippen LogP contribution in [0.15, 0.2) is 57.9 Å². The zero-order valence-corrected chi connectivity index (χ0v) is 10.2. The van der Waals surface area contributed by atoms with Crippen LogP contribution < -0.4 is 0 Å². The second-order valence-corrected chi connectivity index (χ2v) is 4.01.